The van der Waals surface area contributed by atoms with Gasteiger partial charge in [-0.25, -0.2) is 9.18 Å². The number of halogens is 1. The van der Waals surface area contributed by atoms with Crippen molar-refractivity contribution >= 4 is 11.7 Å². The highest BCUT2D eigenvalue weighted by Crippen LogP contribution is 2.07. The van der Waals surface area contributed by atoms with Crippen LogP contribution in [-0.4, -0.2) is 12.1 Å². The highest BCUT2D eigenvalue weighted by Gasteiger charge is 2.02. The standard InChI is InChI=1S/C10H13FN2O/c1-7(2)12-10(14)13-9-5-3-8(11)4-6-9/h3-7H,1-2H3,(H2,12,13,14). The summed E-state index contributed by atoms with van der Waals surface area (Å²) in [7, 11) is 0. The Bertz CT molecular complexity index is 308. The van der Waals surface area contributed by atoms with Crippen molar-refractivity contribution in [3.8, 4) is 0 Å². The van der Waals surface area contributed by atoms with Gasteiger partial charge in [0.2, 0.25) is 0 Å². The summed E-state index contributed by atoms with van der Waals surface area (Å²) in [6.45, 7) is 3.73. The van der Waals surface area contributed by atoms with Gasteiger partial charge in [0.1, 0.15) is 5.82 Å². The molecule has 0 aliphatic rings. The van der Waals surface area contributed by atoms with Gasteiger partial charge in [-0.2, -0.15) is 0 Å². The zero-order valence-corrected chi connectivity index (χ0v) is 8.17. The van der Waals surface area contributed by atoms with Crippen LogP contribution >= 0.6 is 0 Å². The van der Waals surface area contributed by atoms with E-state index in [1.165, 1.54) is 24.3 Å². The molecule has 0 spiro atoms. The lowest BCUT2D eigenvalue weighted by molar-refractivity contribution is 0.250. The molecule has 4 heteroatoms. The first kappa shape index (κ1) is 10.5. The summed E-state index contributed by atoms with van der Waals surface area (Å²) in [5.41, 5.74) is 0.574. The number of hydrogen-bond acceptors (Lipinski definition) is 1. The molecule has 76 valence electrons. The van der Waals surface area contributed by atoms with Gasteiger partial charge in [0.15, 0.2) is 0 Å². The van der Waals surface area contributed by atoms with Gasteiger partial charge in [0.05, 0.1) is 0 Å². The summed E-state index contributed by atoms with van der Waals surface area (Å²) in [5, 5.41) is 5.25. The molecular weight excluding hydrogens is 183 g/mol. The fourth-order valence-electron chi connectivity index (χ4n) is 0.963. The number of anilines is 1. The van der Waals surface area contributed by atoms with Gasteiger partial charge in [-0.05, 0) is 38.1 Å². The molecule has 2 amide bonds. The molecule has 0 radical (unpaired) electrons. The highest BCUT2D eigenvalue weighted by atomic mass is 19.1. The van der Waals surface area contributed by atoms with E-state index >= 15 is 0 Å². The molecule has 1 aromatic rings. The predicted octanol–water partition coefficient (Wildman–Crippen LogP) is 2.36. The number of carbonyl (C=O) groups excluding carboxylic acids is 1. The van der Waals surface area contributed by atoms with E-state index in [1.54, 1.807) is 0 Å². The van der Waals surface area contributed by atoms with Crippen molar-refractivity contribution in [1.82, 2.24) is 5.32 Å². The van der Waals surface area contributed by atoms with Gasteiger partial charge < -0.3 is 10.6 Å². The maximum absolute atomic E-state index is 12.5. The van der Waals surface area contributed by atoms with E-state index in [1.807, 2.05) is 13.8 Å². The SMILES string of the molecule is CC(C)NC(=O)Nc1ccc(F)cc1. The summed E-state index contributed by atoms with van der Waals surface area (Å²) in [4.78, 5) is 11.2. The minimum atomic E-state index is -0.320. The van der Waals surface area contributed by atoms with E-state index in [0.717, 1.165) is 0 Å². The molecule has 0 aliphatic carbocycles. The number of rotatable bonds is 2. The van der Waals surface area contributed by atoms with Crippen molar-refractivity contribution in [2.45, 2.75) is 19.9 Å². The Balaban J connectivity index is 2.52. The molecule has 0 aromatic heterocycles. The molecule has 0 unspecified atom stereocenters. The van der Waals surface area contributed by atoms with Gasteiger partial charge in [-0.15, -0.1) is 0 Å². The Kier molecular flexibility index (Phi) is 3.45. The number of nitrogens with one attached hydrogen (secondary N) is 2. The molecule has 14 heavy (non-hydrogen) atoms. The molecule has 1 aromatic carbocycles. The fourth-order valence-corrected chi connectivity index (χ4v) is 0.963. The van der Waals surface area contributed by atoms with Gasteiger partial charge in [0.25, 0.3) is 0 Å². The van der Waals surface area contributed by atoms with Crippen LogP contribution in [0.15, 0.2) is 24.3 Å². The lowest BCUT2D eigenvalue weighted by Gasteiger charge is -2.09. The van der Waals surface area contributed by atoms with Crippen LogP contribution in [0.3, 0.4) is 0 Å². The van der Waals surface area contributed by atoms with Crippen LogP contribution < -0.4 is 10.6 Å². The van der Waals surface area contributed by atoms with Crippen LogP contribution in [-0.2, 0) is 0 Å². The van der Waals surface area contributed by atoms with E-state index in [9.17, 15) is 9.18 Å². The van der Waals surface area contributed by atoms with Crippen molar-refractivity contribution in [1.29, 1.82) is 0 Å². The lowest BCUT2D eigenvalue weighted by Crippen LogP contribution is -2.34. The fraction of sp³-hybridized carbons (Fsp3) is 0.300. The summed E-state index contributed by atoms with van der Waals surface area (Å²) >= 11 is 0. The van der Waals surface area contributed by atoms with Crippen LogP contribution in [0.2, 0.25) is 0 Å². The second-order valence-corrected chi connectivity index (χ2v) is 3.26. The Morgan fingerprint density at radius 2 is 1.86 bits per heavy atom. The Morgan fingerprint density at radius 3 is 2.36 bits per heavy atom. The van der Waals surface area contributed by atoms with Crippen LogP contribution in [0.4, 0.5) is 14.9 Å². The molecule has 0 aliphatic heterocycles. The summed E-state index contributed by atoms with van der Waals surface area (Å²) < 4.78 is 12.5. The normalized spacial score (nSPS) is 10.0. The Morgan fingerprint density at radius 1 is 1.29 bits per heavy atom. The quantitative estimate of drug-likeness (QED) is 0.749. The number of hydrogen-bond donors (Lipinski definition) is 2. The number of amides is 2. The van der Waals surface area contributed by atoms with Crippen LogP contribution in [0.25, 0.3) is 0 Å². The number of urea groups is 1. The van der Waals surface area contributed by atoms with Crippen molar-refractivity contribution in [3.05, 3.63) is 30.1 Å². The molecule has 0 bridgehead atoms. The van der Waals surface area contributed by atoms with Crippen LogP contribution in [0.1, 0.15) is 13.8 Å². The zero-order chi connectivity index (χ0) is 10.6. The molecule has 1 rings (SSSR count). The second-order valence-electron chi connectivity index (χ2n) is 3.26. The molecule has 2 N–H and O–H groups in total. The minimum absolute atomic E-state index is 0.0791. The first-order valence-corrected chi connectivity index (χ1v) is 4.41. The van der Waals surface area contributed by atoms with Crippen molar-refractivity contribution in [2.24, 2.45) is 0 Å². The van der Waals surface area contributed by atoms with Gasteiger partial charge in [0, 0.05) is 11.7 Å². The van der Waals surface area contributed by atoms with E-state index in [4.69, 9.17) is 0 Å². The average molecular weight is 196 g/mol. The van der Waals surface area contributed by atoms with Gasteiger partial charge >= 0.3 is 6.03 Å². The summed E-state index contributed by atoms with van der Waals surface area (Å²) in [6, 6.07) is 5.41. The maximum atomic E-state index is 12.5. The maximum Gasteiger partial charge on any atom is 0.319 e. The van der Waals surface area contributed by atoms with E-state index < -0.39 is 0 Å². The predicted molar refractivity (Wildman–Crippen MR) is 53.7 cm³/mol. The Hall–Kier alpha value is -1.58. The van der Waals surface area contributed by atoms with Crippen molar-refractivity contribution in [3.63, 3.8) is 0 Å². The first-order valence-electron chi connectivity index (χ1n) is 4.41. The van der Waals surface area contributed by atoms with Crippen molar-refractivity contribution in [2.75, 3.05) is 5.32 Å². The number of benzene rings is 1. The molecule has 3 nitrogen and oxygen atoms in total. The Labute approximate surface area is 82.3 Å². The largest absolute Gasteiger partial charge is 0.336 e. The second kappa shape index (κ2) is 4.60. The summed E-state index contributed by atoms with van der Waals surface area (Å²) in [6.07, 6.45) is 0. The molecule has 0 heterocycles. The van der Waals surface area contributed by atoms with Crippen LogP contribution in [0, 0.1) is 5.82 Å². The lowest BCUT2D eigenvalue weighted by atomic mass is 10.3. The van der Waals surface area contributed by atoms with Gasteiger partial charge in [-0.1, -0.05) is 0 Å². The molecule has 0 saturated carbocycles. The smallest absolute Gasteiger partial charge is 0.319 e. The molecule has 0 fully saturated rings. The van der Waals surface area contributed by atoms with Crippen molar-refractivity contribution < 1.29 is 9.18 Å². The van der Waals surface area contributed by atoms with E-state index in [0.29, 0.717) is 5.69 Å². The topological polar surface area (TPSA) is 41.1 Å². The highest BCUT2D eigenvalue weighted by molar-refractivity contribution is 5.89. The first-order chi connectivity index (χ1) is 6.58. The molecule has 0 atom stereocenters. The average Bonchev–Trinajstić information content (AvgIpc) is 2.07. The third-order valence-electron chi connectivity index (χ3n) is 1.52. The van der Waals surface area contributed by atoms with E-state index in [-0.39, 0.29) is 17.9 Å². The van der Waals surface area contributed by atoms with E-state index in [2.05, 4.69) is 10.6 Å². The minimum Gasteiger partial charge on any atom is -0.336 e. The summed E-state index contributed by atoms with van der Waals surface area (Å²) in [5.74, 6) is -0.320. The molecular formula is C10H13FN2O. The third-order valence-corrected chi connectivity index (χ3v) is 1.52. The zero-order valence-electron chi connectivity index (χ0n) is 8.17. The number of carbonyl (C=O) groups is 1. The molecule has 0 saturated heterocycles. The van der Waals surface area contributed by atoms with Crippen LogP contribution in [0.5, 0.6) is 0 Å². The monoisotopic (exact) mass is 196 g/mol. The van der Waals surface area contributed by atoms with Gasteiger partial charge in [-0.3, -0.25) is 0 Å². The third kappa shape index (κ3) is 3.43.